The van der Waals surface area contributed by atoms with E-state index in [1.165, 1.54) is 34.7 Å². The van der Waals surface area contributed by atoms with Gasteiger partial charge in [0.1, 0.15) is 11.4 Å². The van der Waals surface area contributed by atoms with Crippen LogP contribution in [0.25, 0.3) is 0 Å². The van der Waals surface area contributed by atoms with Crippen molar-refractivity contribution < 1.29 is 24.2 Å². The third-order valence-electron chi connectivity index (χ3n) is 5.70. The van der Waals surface area contributed by atoms with Gasteiger partial charge in [-0.15, -0.1) is 0 Å². The smallest absolute Gasteiger partial charge is 0.274 e. The number of amides is 2. The molecule has 4 rings (SSSR count). The van der Waals surface area contributed by atoms with Crippen LogP contribution in [0.2, 0.25) is 5.02 Å². The Morgan fingerprint density at radius 2 is 2.10 bits per heavy atom. The molecule has 0 saturated heterocycles. The summed E-state index contributed by atoms with van der Waals surface area (Å²) >= 11 is 5.74. The van der Waals surface area contributed by atoms with Crippen LogP contribution in [-0.2, 0) is 12.1 Å². The second-order valence-corrected chi connectivity index (χ2v) is 8.30. The normalized spacial score (nSPS) is 22.2. The molecule has 10 heteroatoms. The Morgan fingerprint density at radius 1 is 1.40 bits per heavy atom. The number of rotatable bonds is 3. The summed E-state index contributed by atoms with van der Waals surface area (Å²) in [4.78, 5) is 39.6. The summed E-state index contributed by atoms with van der Waals surface area (Å²) in [6, 6.07) is 4.31. The highest BCUT2D eigenvalue weighted by atomic mass is 35.5. The van der Waals surface area contributed by atoms with Gasteiger partial charge in [0, 0.05) is 32.1 Å². The van der Waals surface area contributed by atoms with E-state index in [2.05, 4.69) is 5.32 Å². The first-order valence-corrected chi connectivity index (χ1v) is 9.61. The van der Waals surface area contributed by atoms with Gasteiger partial charge in [0.25, 0.3) is 11.8 Å². The van der Waals surface area contributed by atoms with Crippen LogP contribution in [0.3, 0.4) is 0 Å². The molecule has 2 atom stereocenters. The second-order valence-electron chi connectivity index (χ2n) is 7.90. The molecule has 3 N–H and O–H groups in total. The maximum absolute atomic E-state index is 14.1. The zero-order valence-corrected chi connectivity index (χ0v) is 17.0. The lowest BCUT2D eigenvalue weighted by atomic mass is 9.95. The minimum absolute atomic E-state index is 0.0270. The van der Waals surface area contributed by atoms with Gasteiger partial charge >= 0.3 is 0 Å². The maximum Gasteiger partial charge on any atom is 0.274 e. The summed E-state index contributed by atoms with van der Waals surface area (Å²) in [5.41, 5.74) is -2.50. The molecule has 3 heterocycles. The van der Waals surface area contributed by atoms with E-state index < -0.39 is 46.0 Å². The summed E-state index contributed by atoms with van der Waals surface area (Å²) in [7, 11) is 1.53. The quantitative estimate of drug-likeness (QED) is 0.676. The number of hydrogen-bond acceptors (Lipinski definition) is 5. The van der Waals surface area contributed by atoms with Crippen molar-refractivity contribution in [3.05, 3.63) is 61.8 Å². The van der Waals surface area contributed by atoms with Gasteiger partial charge in [-0.05, 0) is 13.0 Å². The SMILES string of the molecule is CN1CC2(C)CC(O)c3c(C(=O)NCc4cccc(Cl)c4F)c(=O)c(O)c(n32)C1=O. The van der Waals surface area contributed by atoms with Crippen molar-refractivity contribution >= 4 is 23.4 Å². The van der Waals surface area contributed by atoms with E-state index in [0.717, 1.165) is 0 Å². The number of hydrogen-bond donors (Lipinski definition) is 3. The van der Waals surface area contributed by atoms with E-state index in [4.69, 9.17) is 11.6 Å². The molecule has 0 fully saturated rings. The zero-order chi connectivity index (χ0) is 22.0. The molecular weight excluding hydrogens is 417 g/mol. The number of carbonyl (C=O) groups is 2. The minimum Gasteiger partial charge on any atom is -0.503 e. The summed E-state index contributed by atoms with van der Waals surface area (Å²) in [6.07, 6.45) is -1.03. The number of benzene rings is 1. The van der Waals surface area contributed by atoms with Crippen LogP contribution in [0.1, 0.15) is 51.6 Å². The predicted octanol–water partition coefficient (Wildman–Crippen LogP) is 1.51. The third-order valence-corrected chi connectivity index (χ3v) is 5.99. The number of halogens is 2. The van der Waals surface area contributed by atoms with Crippen LogP contribution in [0.5, 0.6) is 5.75 Å². The Morgan fingerprint density at radius 3 is 2.80 bits per heavy atom. The average Bonchev–Trinajstić information content (AvgIpc) is 2.93. The Hall–Kier alpha value is -2.91. The Labute approximate surface area is 175 Å². The molecule has 8 nitrogen and oxygen atoms in total. The van der Waals surface area contributed by atoms with Crippen LogP contribution in [0, 0.1) is 5.82 Å². The molecular formula is C20H19ClFN3O5. The van der Waals surface area contributed by atoms with Crippen molar-refractivity contribution in [3.8, 4) is 5.75 Å². The molecule has 158 valence electrons. The summed E-state index contributed by atoms with van der Waals surface area (Å²) in [6.45, 7) is 1.74. The predicted molar refractivity (Wildman–Crippen MR) is 105 cm³/mol. The highest BCUT2D eigenvalue weighted by Crippen LogP contribution is 2.45. The van der Waals surface area contributed by atoms with Crippen LogP contribution in [-0.4, -0.2) is 45.1 Å². The number of aromatic hydroxyl groups is 1. The van der Waals surface area contributed by atoms with Gasteiger partial charge in [-0.3, -0.25) is 14.4 Å². The standard InChI is InChI=1S/C20H19ClFN3O5/c1-20-6-11(26)14-12(18(29)23-7-9-4-3-5-10(21)13(9)22)16(27)17(28)15(25(14)20)19(30)24(2)8-20/h3-5,11,26,28H,6-8H2,1-2H3,(H,23,29). The van der Waals surface area contributed by atoms with Crippen LogP contribution < -0.4 is 10.7 Å². The molecule has 2 aliphatic rings. The van der Waals surface area contributed by atoms with Crippen molar-refractivity contribution in [1.29, 1.82) is 0 Å². The van der Waals surface area contributed by atoms with Crippen molar-refractivity contribution in [3.63, 3.8) is 0 Å². The topological polar surface area (TPSA) is 112 Å². The van der Waals surface area contributed by atoms with Gasteiger partial charge in [-0.2, -0.15) is 0 Å². The van der Waals surface area contributed by atoms with E-state index in [9.17, 15) is 29.0 Å². The molecule has 1 aromatic carbocycles. The lowest BCUT2D eigenvalue weighted by molar-refractivity contribution is 0.0607. The second kappa shape index (κ2) is 6.82. The molecule has 30 heavy (non-hydrogen) atoms. The highest BCUT2D eigenvalue weighted by Gasteiger charge is 2.50. The number of nitrogens with one attached hydrogen (secondary N) is 1. The van der Waals surface area contributed by atoms with E-state index in [-0.39, 0.29) is 41.5 Å². The van der Waals surface area contributed by atoms with Crippen LogP contribution in [0.4, 0.5) is 4.39 Å². The largest absolute Gasteiger partial charge is 0.503 e. The first-order valence-electron chi connectivity index (χ1n) is 9.24. The summed E-state index contributed by atoms with van der Waals surface area (Å²) < 4.78 is 15.5. The third kappa shape index (κ3) is 2.80. The molecule has 1 aromatic heterocycles. The molecule has 0 radical (unpaired) electrons. The first-order chi connectivity index (χ1) is 14.1. The van der Waals surface area contributed by atoms with E-state index in [1.54, 1.807) is 6.92 Å². The molecule has 2 aromatic rings. The molecule has 0 bridgehead atoms. The number of aromatic nitrogens is 1. The van der Waals surface area contributed by atoms with E-state index >= 15 is 0 Å². The van der Waals surface area contributed by atoms with Gasteiger partial charge in [0.05, 0.1) is 22.4 Å². The Kier molecular flexibility index (Phi) is 4.63. The lowest BCUT2D eigenvalue weighted by Gasteiger charge is -2.39. The van der Waals surface area contributed by atoms with Crippen LogP contribution >= 0.6 is 11.6 Å². The van der Waals surface area contributed by atoms with Crippen molar-refractivity contribution in [2.45, 2.75) is 31.5 Å². The summed E-state index contributed by atoms with van der Waals surface area (Å²) in [5.74, 6) is -3.02. The first kappa shape index (κ1) is 20.4. The highest BCUT2D eigenvalue weighted by molar-refractivity contribution is 6.30. The number of nitrogens with zero attached hydrogens (tertiary/aromatic N) is 2. The number of aliphatic hydroxyl groups is 1. The van der Waals surface area contributed by atoms with Gasteiger partial charge in [-0.25, -0.2) is 4.39 Å². The summed E-state index contributed by atoms with van der Waals surface area (Å²) in [5, 5.41) is 23.5. The molecule has 0 spiro atoms. The molecule has 0 saturated carbocycles. The van der Waals surface area contributed by atoms with E-state index in [0.29, 0.717) is 0 Å². The molecule has 2 unspecified atom stereocenters. The number of aliphatic hydroxyl groups excluding tert-OH is 1. The number of pyridine rings is 1. The maximum atomic E-state index is 14.1. The minimum atomic E-state index is -1.19. The van der Waals surface area contributed by atoms with Gasteiger partial charge < -0.3 is 25.0 Å². The Bertz CT molecular complexity index is 1160. The fourth-order valence-corrected chi connectivity index (χ4v) is 4.62. The van der Waals surface area contributed by atoms with Crippen molar-refractivity contribution in [2.24, 2.45) is 0 Å². The molecule has 2 amide bonds. The van der Waals surface area contributed by atoms with Crippen molar-refractivity contribution in [2.75, 3.05) is 13.6 Å². The van der Waals surface area contributed by atoms with Crippen LogP contribution in [0.15, 0.2) is 23.0 Å². The fourth-order valence-electron chi connectivity index (χ4n) is 4.43. The lowest BCUT2D eigenvalue weighted by Crippen LogP contribution is -2.50. The fraction of sp³-hybridized carbons (Fsp3) is 0.350. The number of likely N-dealkylation sites (N-methyl/N-ethyl adjacent to an activating group) is 1. The number of carbonyl (C=O) groups excluding carboxylic acids is 2. The molecule has 0 aliphatic carbocycles. The Balaban J connectivity index is 1.81. The zero-order valence-electron chi connectivity index (χ0n) is 16.2. The van der Waals surface area contributed by atoms with Gasteiger partial charge in [0.2, 0.25) is 5.43 Å². The van der Waals surface area contributed by atoms with E-state index in [1.807, 2.05) is 0 Å². The molecule has 2 aliphatic heterocycles. The van der Waals surface area contributed by atoms with Gasteiger partial charge in [0.15, 0.2) is 11.4 Å². The monoisotopic (exact) mass is 435 g/mol. The van der Waals surface area contributed by atoms with Gasteiger partial charge in [-0.1, -0.05) is 23.7 Å². The van der Waals surface area contributed by atoms with Crippen molar-refractivity contribution in [1.82, 2.24) is 14.8 Å². The average molecular weight is 436 g/mol.